The molecule has 2 rings (SSSR count). The van der Waals surface area contributed by atoms with Gasteiger partial charge in [0.2, 0.25) is 11.8 Å². The first-order valence-electron chi connectivity index (χ1n) is 7.50. The Balaban J connectivity index is 2.16. The largest absolute Gasteiger partial charge is 0.352 e. The molecular weight excluding hydrogens is 342 g/mol. The Morgan fingerprint density at radius 1 is 1.29 bits per heavy atom. The fraction of sp³-hybridized carbons (Fsp3) is 0.235. The first-order valence-corrected chi connectivity index (χ1v) is 9.30. The van der Waals surface area contributed by atoms with Crippen LogP contribution in [-0.2, 0) is 9.59 Å². The van der Waals surface area contributed by atoms with Gasteiger partial charge in [0.25, 0.3) is 0 Å². The van der Waals surface area contributed by atoms with Gasteiger partial charge in [-0.15, -0.1) is 6.58 Å². The lowest BCUT2D eigenvalue weighted by molar-refractivity contribution is -0.118. The molecule has 0 aliphatic heterocycles. The van der Waals surface area contributed by atoms with Crippen LogP contribution in [0.25, 0.3) is 11.3 Å². The molecule has 2 amide bonds. The van der Waals surface area contributed by atoms with E-state index in [1.165, 1.54) is 23.1 Å². The van der Waals surface area contributed by atoms with Crippen molar-refractivity contribution in [3.8, 4) is 11.3 Å². The Labute approximate surface area is 149 Å². The first-order chi connectivity index (χ1) is 11.6. The van der Waals surface area contributed by atoms with E-state index in [1.54, 1.807) is 13.0 Å². The van der Waals surface area contributed by atoms with Crippen molar-refractivity contribution >= 4 is 39.9 Å². The zero-order chi connectivity index (χ0) is 17.4. The number of aromatic nitrogens is 1. The van der Waals surface area contributed by atoms with Gasteiger partial charge in [0.05, 0.1) is 5.75 Å². The molecule has 0 bridgehead atoms. The van der Waals surface area contributed by atoms with Crippen LogP contribution in [0, 0.1) is 0 Å². The third-order valence-corrected chi connectivity index (χ3v) is 5.11. The summed E-state index contributed by atoms with van der Waals surface area (Å²) in [6, 6.07) is 9.68. The van der Waals surface area contributed by atoms with Crippen LogP contribution in [0.1, 0.15) is 13.3 Å². The molecule has 2 aromatic rings. The van der Waals surface area contributed by atoms with Gasteiger partial charge >= 0.3 is 0 Å². The zero-order valence-corrected chi connectivity index (χ0v) is 15.0. The predicted molar refractivity (Wildman–Crippen MR) is 100 cm³/mol. The first kappa shape index (κ1) is 18.2. The van der Waals surface area contributed by atoms with Crippen molar-refractivity contribution in [2.24, 2.45) is 0 Å². The lowest BCUT2D eigenvalue weighted by Crippen LogP contribution is -2.24. The lowest BCUT2D eigenvalue weighted by Gasteiger charge is -2.03. The second kappa shape index (κ2) is 9.24. The molecule has 0 unspecified atom stereocenters. The second-order valence-corrected chi connectivity index (χ2v) is 7.03. The van der Waals surface area contributed by atoms with Gasteiger partial charge in [0, 0.05) is 18.5 Å². The molecule has 0 atom stereocenters. The van der Waals surface area contributed by atoms with Crippen LogP contribution >= 0.6 is 23.1 Å². The summed E-state index contributed by atoms with van der Waals surface area (Å²) in [5.41, 5.74) is 1.67. The number of anilines is 1. The van der Waals surface area contributed by atoms with Gasteiger partial charge in [-0.1, -0.05) is 66.4 Å². The standard InChI is InChI=1S/C17H19N3O2S2/c1-3-10-18-14(22)11-23-17-20-15(12-8-6-5-7-9-12)16(24-17)19-13(21)4-2/h3,5-9H,1,4,10-11H2,2H3,(H,18,22)(H,19,21). The summed E-state index contributed by atoms with van der Waals surface area (Å²) in [5.74, 6) is 0.142. The molecule has 0 fully saturated rings. The Morgan fingerprint density at radius 2 is 2.04 bits per heavy atom. The Kier molecular flexibility index (Phi) is 7.02. The van der Waals surface area contributed by atoms with E-state index in [0.29, 0.717) is 18.0 Å². The minimum atomic E-state index is -0.0736. The maximum absolute atomic E-state index is 11.7. The zero-order valence-electron chi connectivity index (χ0n) is 13.4. The van der Waals surface area contributed by atoms with Crippen LogP contribution in [0.3, 0.4) is 0 Å². The Bertz CT molecular complexity index is 714. The number of hydrogen-bond acceptors (Lipinski definition) is 5. The minimum absolute atomic E-state index is 0.0592. The molecule has 0 saturated heterocycles. The number of nitrogens with one attached hydrogen (secondary N) is 2. The summed E-state index contributed by atoms with van der Waals surface area (Å²) in [6.45, 7) is 5.82. The molecule has 0 aliphatic carbocycles. The summed E-state index contributed by atoms with van der Waals surface area (Å²) in [5, 5.41) is 6.33. The van der Waals surface area contributed by atoms with E-state index >= 15 is 0 Å². The SMILES string of the molecule is C=CCNC(=O)CSc1nc(-c2ccccc2)c(NC(=O)CC)s1. The third-order valence-electron chi connectivity index (χ3n) is 3.00. The highest BCUT2D eigenvalue weighted by molar-refractivity contribution is 8.01. The summed E-state index contributed by atoms with van der Waals surface area (Å²) in [6.07, 6.45) is 2.04. The number of hydrogen-bond donors (Lipinski definition) is 2. The molecule has 5 nitrogen and oxygen atoms in total. The molecular formula is C17H19N3O2S2. The molecule has 0 aliphatic rings. The highest BCUT2D eigenvalue weighted by Crippen LogP contribution is 2.37. The van der Waals surface area contributed by atoms with Crippen molar-refractivity contribution in [3.63, 3.8) is 0 Å². The molecule has 1 aromatic heterocycles. The maximum Gasteiger partial charge on any atom is 0.230 e. The molecule has 24 heavy (non-hydrogen) atoms. The molecule has 126 valence electrons. The lowest BCUT2D eigenvalue weighted by atomic mass is 10.2. The van der Waals surface area contributed by atoms with Crippen molar-refractivity contribution in [1.82, 2.24) is 10.3 Å². The number of carbonyl (C=O) groups excluding carboxylic acids is 2. The van der Waals surface area contributed by atoms with Crippen molar-refractivity contribution in [2.75, 3.05) is 17.6 Å². The van der Waals surface area contributed by atoms with E-state index in [0.717, 1.165) is 15.6 Å². The number of carbonyl (C=O) groups is 2. The fourth-order valence-electron chi connectivity index (χ4n) is 1.82. The third kappa shape index (κ3) is 5.21. The smallest absolute Gasteiger partial charge is 0.230 e. The molecule has 7 heteroatoms. The number of benzene rings is 1. The second-order valence-electron chi connectivity index (χ2n) is 4.81. The summed E-state index contributed by atoms with van der Waals surface area (Å²) < 4.78 is 0.744. The van der Waals surface area contributed by atoms with Crippen LogP contribution in [0.2, 0.25) is 0 Å². The summed E-state index contributed by atoms with van der Waals surface area (Å²) in [4.78, 5) is 28.0. The van der Waals surface area contributed by atoms with Crippen LogP contribution in [-0.4, -0.2) is 29.1 Å². The van der Waals surface area contributed by atoms with E-state index in [2.05, 4.69) is 22.2 Å². The van der Waals surface area contributed by atoms with Crippen molar-refractivity contribution < 1.29 is 9.59 Å². The average molecular weight is 361 g/mol. The molecule has 1 heterocycles. The van der Waals surface area contributed by atoms with Crippen LogP contribution in [0.4, 0.5) is 5.00 Å². The predicted octanol–water partition coefficient (Wildman–Crippen LogP) is 3.55. The van der Waals surface area contributed by atoms with E-state index in [1.807, 2.05) is 30.3 Å². The van der Waals surface area contributed by atoms with Crippen molar-refractivity contribution in [1.29, 1.82) is 0 Å². The topological polar surface area (TPSA) is 71.1 Å². The monoisotopic (exact) mass is 361 g/mol. The van der Waals surface area contributed by atoms with Crippen molar-refractivity contribution in [3.05, 3.63) is 43.0 Å². The van der Waals surface area contributed by atoms with Gasteiger partial charge in [0.15, 0.2) is 4.34 Å². The van der Waals surface area contributed by atoms with E-state index in [-0.39, 0.29) is 17.6 Å². The molecule has 0 saturated carbocycles. The number of amides is 2. The molecule has 2 N–H and O–H groups in total. The average Bonchev–Trinajstić information content (AvgIpc) is 3.01. The van der Waals surface area contributed by atoms with Gasteiger partial charge in [-0.05, 0) is 0 Å². The summed E-state index contributed by atoms with van der Waals surface area (Å²) in [7, 11) is 0. The quantitative estimate of drug-likeness (QED) is 0.557. The summed E-state index contributed by atoms with van der Waals surface area (Å²) >= 11 is 2.74. The van der Waals surface area contributed by atoms with Crippen molar-refractivity contribution in [2.45, 2.75) is 17.7 Å². The van der Waals surface area contributed by atoms with Gasteiger partial charge in [-0.25, -0.2) is 4.98 Å². The normalized spacial score (nSPS) is 10.2. The Hall–Kier alpha value is -2.12. The number of thiazole rings is 1. The van der Waals surface area contributed by atoms with E-state index < -0.39 is 0 Å². The number of rotatable bonds is 8. The molecule has 0 spiro atoms. The van der Waals surface area contributed by atoms with Gasteiger partial charge in [0.1, 0.15) is 10.7 Å². The Morgan fingerprint density at radius 3 is 2.71 bits per heavy atom. The van der Waals surface area contributed by atoms with Crippen LogP contribution < -0.4 is 10.6 Å². The van der Waals surface area contributed by atoms with E-state index in [9.17, 15) is 9.59 Å². The molecule has 0 radical (unpaired) electrons. The van der Waals surface area contributed by atoms with Gasteiger partial charge < -0.3 is 10.6 Å². The maximum atomic E-state index is 11.7. The minimum Gasteiger partial charge on any atom is -0.352 e. The van der Waals surface area contributed by atoms with Gasteiger partial charge in [-0.3, -0.25) is 9.59 Å². The highest BCUT2D eigenvalue weighted by atomic mass is 32.2. The van der Waals surface area contributed by atoms with Gasteiger partial charge in [-0.2, -0.15) is 0 Å². The van der Waals surface area contributed by atoms with Crippen LogP contribution in [0.15, 0.2) is 47.3 Å². The highest BCUT2D eigenvalue weighted by Gasteiger charge is 2.16. The fourth-order valence-corrected chi connectivity index (χ4v) is 3.73. The number of thioether (sulfide) groups is 1. The molecule has 1 aromatic carbocycles. The van der Waals surface area contributed by atoms with E-state index in [4.69, 9.17) is 0 Å². The number of nitrogens with zero attached hydrogens (tertiary/aromatic N) is 1. The van der Waals surface area contributed by atoms with Crippen LogP contribution in [0.5, 0.6) is 0 Å².